The molecule has 2 heteroatoms. The van der Waals surface area contributed by atoms with Gasteiger partial charge < -0.3 is 4.74 Å². The van der Waals surface area contributed by atoms with Crippen molar-refractivity contribution in [3.05, 3.63) is 71.3 Å². The molecule has 0 bridgehead atoms. The third-order valence-electron chi connectivity index (χ3n) is 5.04. The number of likely N-dealkylation sites (tertiary alicyclic amines) is 1. The van der Waals surface area contributed by atoms with Crippen LogP contribution in [0.3, 0.4) is 0 Å². The van der Waals surface area contributed by atoms with E-state index in [0.29, 0.717) is 11.8 Å². The number of methoxy groups -OCH3 is 1. The molecule has 0 amide bonds. The molecular weight excluding hydrogens is 282 g/mol. The molecule has 1 aliphatic heterocycles. The summed E-state index contributed by atoms with van der Waals surface area (Å²) in [5.41, 5.74) is 4.32. The molecule has 2 atom stereocenters. The third kappa shape index (κ3) is 4.01. The topological polar surface area (TPSA) is 12.5 Å². The zero-order chi connectivity index (χ0) is 16.1. The second-order valence-corrected chi connectivity index (χ2v) is 6.69. The SMILES string of the molecule is COCC1CN(Cc2ccccc2)CCC1c1ccccc1C. The number of aryl methyl sites for hydroxylation is 1. The van der Waals surface area contributed by atoms with Crippen LogP contribution < -0.4 is 0 Å². The minimum atomic E-state index is 0.568. The second-order valence-electron chi connectivity index (χ2n) is 6.69. The van der Waals surface area contributed by atoms with Crippen molar-refractivity contribution in [1.29, 1.82) is 0 Å². The summed E-state index contributed by atoms with van der Waals surface area (Å²) >= 11 is 0. The smallest absolute Gasteiger partial charge is 0.0508 e. The van der Waals surface area contributed by atoms with Crippen molar-refractivity contribution in [2.24, 2.45) is 5.92 Å². The van der Waals surface area contributed by atoms with Gasteiger partial charge in [0.1, 0.15) is 0 Å². The molecule has 1 aliphatic rings. The lowest BCUT2D eigenvalue weighted by atomic mass is 9.79. The Bertz CT molecular complexity index is 610. The summed E-state index contributed by atoms with van der Waals surface area (Å²) in [4.78, 5) is 2.58. The fourth-order valence-electron chi connectivity index (χ4n) is 3.89. The van der Waals surface area contributed by atoms with E-state index >= 15 is 0 Å². The summed E-state index contributed by atoms with van der Waals surface area (Å²) < 4.78 is 5.54. The van der Waals surface area contributed by atoms with E-state index in [1.807, 2.05) is 7.11 Å². The molecule has 2 aromatic carbocycles. The molecule has 122 valence electrons. The molecule has 1 fully saturated rings. The van der Waals surface area contributed by atoms with Gasteiger partial charge in [-0.3, -0.25) is 4.90 Å². The molecule has 1 saturated heterocycles. The van der Waals surface area contributed by atoms with E-state index in [1.54, 1.807) is 0 Å². The summed E-state index contributed by atoms with van der Waals surface area (Å²) in [6.07, 6.45) is 1.21. The Morgan fingerprint density at radius 2 is 1.78 bits per heavy atom. The number of hydrogen-bond donors (Lipinski definition) is 0. The summed E-state index contributed by atoms with van der Waals surface area (Å²) in [7, 11) is 1.82. The lowest BCUT2D eigenvalue weighted by Crippen LogP contribution is -2.41. The number of hydrogen-bond acceptors (Lipinski definition) is 2. The maximum atomic E-state index is 5.54. The zero-order valence-corrected chi connectivity index (χ0v) is 14.2. The number of piperidine rings is 1. The van der Waals surface area contributed by atoms with Crippen LogP contribution >= 0.6 is 0 Å². The van der Waals surface area contributed by atoms with Crippen LogP contribution in [-0.4, -0.2) is 31.7 Å². The van der Waals surface area contributed by atoms with E-state index in [0.717, 1.165) is 26.2 Å². The Balaban J connectivity index is 1.72. The minimum absolute atomic E-state index is 0.568. The van der Waals surface area contributed by atoms with E-state index in [4.69, 9.17) is 4.74 Å². The molecule has 23 heavy (non-hydrogen) atoms. The van der Waals surface area contributed by atoms with Gasteiger partial charge in [-0.25, -0.2) is 0 Å². The van der Waals surface area contributed by atoms with Crippen LogP contribution in [-0.2, 0) is 11.3 Å². The van der Waals surface area contributed by atoms with Crippen molar-refractivity contribution < 1.29 is 4.74 Å². The van der Waals surface area contributed by atoms with Crippen LogP contribution in [0.25, 0.3) is 0 Å². The minimum Gasteiger partial charge on any atom is -0.384 e. The van der Waals surface area contributed by atoms with E-state index in [9.17, 15) is 0 Å². The Kier molecular flexibility index (Phi) is 5.47. The van der Waals surface area contributed by atoms with E-state index in [-0.39, 0.29) is 0 Å². The van der Waals surface area contributed by atoms with Gasteiger partial charge in [-0.2, -0.15) is 0 Å². The van der Waals surface area contributed by atoms with Gasteiger partial charge in [-0.05, 0) is 42.5 Å². The summed E-state index contributed by atoms with van der Waals surface area (Å²) in [5, 5.41) is 0. The first-order valence-corrected chi connectivity index (χ1v) is 8.58. The summed E-state index contributed by atoms with van der Waals surface area (Å²) in [6, 6.07) is 19.6. The standard InChI is InChI=1S/C21H27NO/c1-17-8-6-7-11-20(17)21-12-13-22(15-19(21)16-23-2)14-18-9-4-3-5-10-18/h3-11,19,21H,12-16H2,1-2H3. The summed E-state index contributed by atoms with van der Waals surface area (Å²) in [5.74, 6) is 1.18. The average Bonchev–Trinajstić information content (AvgIpc) is 2.57. The highest BCUT2D eigenvalue weighted by molar-refractivity contribution is 5.30. The quantitative estimate of drug-likeness (QED) is 0.819. The molecule has 0 aromatic heterocycles. The maximum absolute atomic E-state index is 5.54. The van der Waals surface area contributed by atoms with Crippen LogP contribution in [0.1, 0.15) is 29.0 Å². The van der Waals surface area contributed by atoms with Crippen molar-refractivity contribution in [1.82, 2.24) is 4.90 Å². The van der Waals surface area contributed by atoms with E-state index < -0.39 is 0 Å². The van der Waals surface area contributed by atoms with Crippen LogP contribution in [0.2, 0.25) is 0 Å². The van der Waals surface area contributed by atoms with Crippen LogP contribution in [0.5, 0.6) is 0 Å². The first kappa shape index (κ1) is 16.2. The molecule has 2 unspecified atom stereocenters. The molecule has 2 aromatic rings. The van der Waals surface area contributed by atoms with Gasteiger partial charge in [0.15, 0.2) is 0 Å². The molecule has 2 nitrogen and oxygen atoms in total. The average molecular weight is 309 g/mol. The molecule has 0 saturated carbocycles. The fraction of sp³-hybridized carbons (Fsp3) is 0.429. The largest absolute Gasteiger partial charge is 0.384 e. The van der Waals surface area contributed by atoms with Gasteiger partial charge in [0, 0.05) is 26.1 Å². The Morgan fingerprint density at radius 1 is 1.04 bits per heavy atom. The number of benzene rings is 2. The van der Waals surface area contributed by atoms with Crippen molar-refractivity contribution in [2.75, 3.05) is 26.8 Å². The van der Waals surface area contributed by atoms with E-state index in [2.05, 4.69) is 66.4 Å². The Labute approximate surface area is 140 Å². The number of nitrogens with zero attached hydrogens (tertiary/aromatic N) is 1. The van der Waals surface area contributed by atoms with E-state index in [1.165, 1.54) is 23.1 Å². The maximum Gasteiger partial charge on any atom is 0.0508 e. The van der Waals surface area contributed by atoms with Gasteiger partial charge in [-0.1, -0.05) is 54.6 Å². The predicted molar refractivity (Wildman–Crippen MR) is 95.6 cm³/mol. The molecule has 0 radical (unpaired) electrons. The van der Waals surface area contributed by atoms with Gasteiger partial charge in [0.2, 0.25) is 0 Å². The lowest BCUT2D eigenvalue weighted by molar-refractivity contribution is 0.0721. The first-order valence-electron chi connectivity index (χ1n) is 8.58. The van der Waals surface area contributed by atoms with Gasteiger partial charge in [-0.15, -0.1) is 0 Å². The Hall–Kier alpha value is -1.64. The number of rotatable bonds is 5. The normalized spacial score (nSPS) is 22.2. The van der Waals surface area contributed by atoms with Gasteiger partial charge in [0.25, 0.3) is 0 Å². The molecule has 0 spiro atoms. The van der Waals surface area contributed by atoms with Crippen molar-refractivity contribution in [2.45, 2.75) is 25.8 Å². The predicted octanol–water partition coefficient (Wildman–Crippen LogP) is 4.25. The first-order chi connectivity index (χ1) is 11.3. The molecular formula is C21H27NO. The molecule has 3 rings (SSSR count). The molecule has 1 heterocycles. The molecule has 0 aliphatic carbocycles. The zero-order valence-electron chi connectivity index (χ0n) is 14.2. The third-order valence-corrected chi connectivity index (χ3v) is 5.04. The van der Waals surface area contributed by atoms with Crippen molar-refractivity contribution >= 4 is 0 Å². The highest BCUT2D eigenvalue weighted by atomic mass is 16.5. The summed E-state index contributed by atoms with van der Waals surface area (Å²) in [6.45, 7) is 6.39. The highest BCUT2D eigenvalue weighted by Gasteiger charge is 2.30. The monoisotopic (exact) mass is 309 g/mol. The van der Waals surface area contributed by atoms with Crippen molar-refractivity contribution in [3.63, 3.8) is 0 Å². The van der Waals surface area contributed by atoms with Crippen LogP contribution in [0, 0.1) is 12.8 Å². The van der Waals surface area contributed by atoms with Gasteiger partial charge in [0.05, 0.1) is 6.61 Å². The fourth-order valence-corrected chi connectivity index (χ4v) is 3.89. The highest BCUT2D eigenvalue weighted by Crippen LogP contribution is 2.35. The molecule has 0 N–H and O–H groups in total. The Morgan fingerprint density at radius 3 is 2.52 bits per heavy atom. The second kappa shape index (κ2) is 7.76. The van der Waals surface area contributed by atoms with Crippen LogP contribution in [0.4, 0.5) is 0 Å². The van der Waals surface area contributed by atoms with Crippen molar-refractivity contribution in [3.8, 4) is 0 Å². The van der Waals surface area contributed by atoms with Gasteiger partial charge >= 0.3 is 0 Å². The van der Waals surface area contributed by atoms with Crippen LogP contribution in [0.15, 0.2) is 54.6 Å². The number of ether oxygens (including phenoxy) is 1. The lowest BCUT2D eigenvalue weighted by Gasteiger charge is -2.39.